The van der Waals surface area contributed by atoms with Crippen LogP contribution in [0.15, 0.2) is 48.5 Å². The van der Waals surface area contributed by atoms with Crippen molar-refractivity contribution in [2.75, 3.05) is 5.32 Å². The first-order chi connectivity index (χ1) is 13.1. The molecule has 0 bridgehead atoms. The van der Waals surface area contributed by atoms with Gasteiger partial charge in [-0.3, -0.25) is 10.1 Å². The highest BCUT2D eigenvalue weighted by Crippen LogP contribution is 2.33. The molecule has 0 atom stereocenters. The summed E-state index contributed by atoms with van der Waals surface area (Å²) in [5.74, 6) is -0.114. The maximum absolute atomic E-state index is 13.0. The number of hydrogen-bond acceptors (Lipinski definition) is 5. The molecule has 2 aromatic heterocycles. The molecule has 2 heterocycles. The van der Waals surface area contributed by atoms with Crippen molar-refractivity contribution < 1.29 is 4.79 Å². The van der Waals surface area contributed by atoms with Crippen LogP contribution in [0.1, 0.15) is 38.3 Å². The number of nitrogens with one attached hydrogen (secondary N) is 1. The number of anilines is 1. The third-order valence-electron chi connectivity index (χ3n) is 4.40. The van der Waals surface area contributed by atoms with Crippen molar-refractivity contribution >= 4 is 43.8 Å². The first-order valence-electron chi connectivity index (χ1n) is 8.83. The van der Waals surface area contributed by atoms with Crippen LogP contribution in [0.3, 0.4) is 0 Å². The number of fused-ring (bicyclic) bond motifs is 1. The van der Waals surface area contributed by atoms with Crippen molar-refractivity contribution in [3.8, 4) is 0 Å². The number of nitrogens with zero attached hydrogens (tertiary/aromatic N) is 2. The third-order valence-corrected chi connectivity index (χ3v) is 6.59. The highest BCUT2D eigenvalue weighted by Gasteiger charge is 2.20. The molecule has 0 saturated heterocycles. The van der Waals surface area contributed by atoms with Crippen LogP contribution in [0.5, 0.6) is 0 Å². The van der Waals surface area contributed by atoms with Gasteiger partial charge in [0, 0.05) is 4.70 Å². The van der Waals surface area contributed by atoms with E-state index in [1.54, 1.807) is 0 Å². The summed E-state index contributed by atoms with van der Waals surface area (Å²) in [6, 6.07) is 16.7. The lowest BCUT2D eigenvalue weighted by molar-refractivity contribution is 0.103. The fraction of sp³-hybridized carbons (Fsp3) is 0.190. The Balaban J connectivity index is 1.70. The number of amides is 1. The van der Waals surface area contributed by atoms with Gasteiger partial charge in [0.15, 0.2) is 0 Å². The predicted octanol–water partition coefficient (Wildman–Crippen LogP) is 5.47. The van der Waals surface area contributed by atoms with Crippen molar-refractivity contribution in [2.45, 2.75) is 26.7 Å². The number of rotatable bonds is 5. The normalized spacial score (nSPS) is 11.0. The van der Waals surface area contributed by atoms with Gasteiger partial charge in [-0.1, -0.05) is 66.3 Å². The monoisotopic (exact) mass is 393 g/mol. The van der Waals surface area contributed by atoms with Gasteiger partial charge in [0.2, 0.25) is 5.13 Å². The summed E-state index contributed by atoms with van der Waals surface area (Å²) in [5.41, 5.74) is 3.49. The zero-order valence-electron chi connectivity index (χ0n) is 15.2. The maximum atomic E-state index is 13.0. The van der Waals surface area contributed by atoms with E-state index in [1.807, 2.05) is 19.1 Å². The van der Waals surface area contributed by atoms with Gasteiger partial charge < -0.3 is 0 Å². The number of carbonyl (C=O) groups excluding carboxylic acids is 1. The first-order valence-corrected chi connectivity index (χ1v) is 10.5. The van der Waals surface area contributed by atoms with Gasteiger partial charge in [-0.05, 0) is 42.3 Å². The molecular weight excluding hydrogens is 374 g/mol. The molecule has 4 rings (SSSR count). The largest absolute Gasteiger partial charge is 0.296 e. The van der Waals surface area contributed by atoms with E-state index in [1.165, 1.54) is 33.8 Å². The quantitative estimate of drug-likeness (QED) is 0.489. The van der Waals surface area contributed by atoms with E-state index in [4.69, 9.17) is 0 Å². The van der Waals surface area contributed by atoms with Gasteiger partial charge in [-0.15, -0.1) is 21.5 Å². The van der Waals surface area contributed by atoms with Crippen LogP contribution >= 0.6 is 22.7 Å². The van der Waals surface area contributed by atoms with Crippen LogP contribution in [0.4, 0.5) is 5.13 Å². The number of benzene rings is 2. The molecule has 1 N–H and O–H groups in total. The molecule has 0 spiro atoms. The minimum atomic E-state index is -0.114. The Labute approximate surface area is 165 Å². The van der Waals surface area contributed by atoms with Crippen LogP contribution in [0.2, 0.25) is 0 Å². The molecule has 0 fully saturated rings. The number of hydrogen-bond donors (Lipinski definition) is 1. The topological polar surface area (TPSA) is 54.9 Å². The minimum Gasteiger partial charge on any atom is -0.296 e. The minimum absolute atomic E-state index is 0.114. The van der Waals surface area contributed by atoms with Crippen molar-refractivity contribution in [3.05, 3.63) is 75.1 Å². The van der Waals surface area contributed by atoms with Crippen molar-refractivity contribution in [1.29, 1.82) is 0 Å². The molecule has 6 heteroatoms. The standard InChI is InChI=1S/C21H19N3OS2/c1-3-18-23-24-21(27-18)22-20(25)19-16(12-14-10-8-13(2)9-11-14)15-6-4-5-7-17(15)26-19/h4-11H,3,12H2,1-2H3,(H,22,24,25). The van der Waals surface area contributed by atoms with E-state index >= 15 is 0 Å². The first kappa shape index (κ1) is 17.8. The second-order valence-electron chi connectivity index (χ2n) is 6.38. The Kier molecular flexibility index (Phi) is 5.01. The number of aromatic nitrogens is 2. The summed E-state index contributed by atoms with van der Waals surface area (Å²) in [6.07, 6.45) is 1.54. The second-order valence-corrected chi connectivity index (χ2v) is 8.49. The van der Waals surface area contributed by atoms with E-state index in [0.717, 1.165) is 38.4 Å². The molecule has 0 aliphatic heterocycles. The van der Waals surface area contributed by atoms with E-state index in [-0.39, 0.29) is 5.91 Å². The lowest BCUT2D eigenvalue weighted by atomic mass is 10.0. The summed E-state index contributed by atoms with van der Waals surface area (Å²) >= 11 is 2.96. The summed E-state index contributed by atoms with van der Waals surface area (Å²) in [4.78, 5) is 13.7. The van der Waals surface area contributed by atoms with Crippen LogP contribution in [-0.4, -0.2) is 16.1 Å². The highest BCUT2D eigenvalue weighted by molar-refractivity contribution is 7.21. The van der Waals surface area contributed by atoms with Crippen LogP contribution in [0, 0.1) is 6.92 Å². The van der Waals surface area contributed by atoms with E-state index in [9.17, 15) is 4.79 Å². The van der Waals surface area contributed by atoms with Crippen LogP contribution in [0.25, 0.3) is 10.1 Å². The molecule has 0 saturated carbocycles. The smallest absolute Gasteiger partial charge is 0.267 e. The van der Waals surface area contributed by atoms with Crippen molar-refractivity contribution in [3.63, 3.8) is 0 Å². The Bertz CT molecular complexity index is 1100. The van der Waals surface area contributed by atoms with E-state index in [2.05, 4.69) is 58.8 Å². The number of thiophene rings is 1. The highest BCUT2D eigenvalue weighted by atomic mass is 32.1. The lowest BCUT2D eigenvalue weighted by Crippen LogP contribution is -2.12. The van der Waals surface area contributed by atoms with Gasteiger partial charge in [-0.25, -0.2) is 0 Å². The third kappa shape index (κ3) is 3.77. The zero-order valence-corrected chi connectivity index (χ0v) is 16.8. The number of aryl methyl sites for hydroxylation is 2. The SMILES string of the molecule is CCc1nnc(NC(=O)c2sc3ccccc3c2Cc2ccc(C)cc2)s1. The average molecular weight is 394 g/mol. The number of carbonyl (C=O) groups is 1. The molecule has 0 radical (unpaired) electrons. The summed E-state index contributed by atoms with van der Waals surface area (Å²) in [6.45, 7) is 4.10. The molecule has 27 heavy (non-hydrogen) atoms. The molecule has 0 aliphatic carbocycles. The Morgan fingerprint density at radius 1 is 1.04 bits per heavy atom. The molecule has 136 valence electrons. The molecule has 2 aromatic carbocycles. The fourth-order valence-electron chi connectivity index (χ4n) is 2.97. The molecule has 4 nitrogen and oxygen atoms in total. The molecule has 0 unspecified atom stereocenters. The van der Waals surface area contributed by atoms with Gasteiger partial charge in [0.05, 0.1) is 4.88 Å². The van der Waals surface area contributed by atoms with Gasteiger partial charge in [0.25, 0.3) is 5.91 Å². The van der Waals surface area contributed by atoms with Gasteiger partial charge in [0.1, 0.15) is 5.01 Å². The summed E-state index contributed by atoms with van der Waals surface area (Å²) in [7, 11) is 0. The summed E-state index contributed by atoms with van der Waals surface area (Å²) in [5, 5.41) is 13.7. The van der Waals surface area contributed by atoms with Crippen LogP contribution < -0.4 is 5.32 Å². The maximum Gasteiger partial charge on any atom is 0.267 e. The van der Waals surface area contributed by atoms with Crippen LogP contribution in [-0.2, 0) is 12.8 Å². The summed E-state index contributed by atoms with van der Waals surface area (Å²) < 4.78 is 1.12. The molecule has 1 amide bonds. The van der Waals surface area contributed by atoms with Crippen molar-refractivity contribution in [2.24, 2.45) is 0 Å². The fourth-order valence-corrected chi connectivity index (χ4v) is 4.76. The van der Waals surface area contributed by atoms with Crippen molar-refractivity contribution in [1.82, 2.24) is 10.2 Å². The predicted molar refractivity (Wildman–Crippen MR) is 113 cm³/mol. The zero-order chi connectivity index (χ0) is 18.8. The molecular formula is C21H19N3OS2. The lowest BCUT2D eigenvalue weighted by Gasteiger charge is -2.06. The Morgan fingerprint density at radius 2 is 1.81 bits per heavy atom. The van der Waals surface area contributed by atoms with E-state index in [0.29, 0.717) is 5.13 Å². The van der Waals surface area contributed by atoms with Gasteiger partial charge >= 0.3 is 0 Å². The molecule has 0 aliphatic rings. The van der Waals surface area contributed by atoms with Gasteiger partial charge in [-0.2, -0.15) is 0 Å². The average Bonchev–Trinajstić information content (AvgIpc) is 3.28. The second kappa shape index (κ2) is 7.58. The Morgan fingerprint density at radius 3 is 2.56 bits per heavy atom. The molecule has 4 aromatic rings. The Hall–Kier alpha value is -2.57. The van der Waals surface area contributed by atoms with E-state index < -0.39 is 0 Å².